The quantitative estimate of drug-likeness (QED) is 0.561. The van der Waals surface area contributed by atoms with Crippen LogP contribution in [0.25, 0.3) is 0 Å². The Hall–Kier alpha value is -0.520. The van der Waals surface area contributed by atoms with Crippen LogP contribution in [0.3, 0.4) is 0 Å². The molecule has 0 heteroatoms. The zero-order valence-corrected chi connectivity index (χ0v) is 7.69. The second kappa shape index (κ2) is 4.38. The third-order valence-electron chi connectivity index (χ3n) is 2.28. The second-order valence-electron chi connectivity index (χ2n) is 3.30. The first-order chi connectivity index (χ1) is 5.34. The summed E-state index contributed by atoms with van der Waals surface area (Å²) in [7, 11) is 0. The van der Waals surface area contributed by atoms with Gasteiger partial charge in [-0.05, 0) is 38.2 Å². The predicted octanol–water partition coefficient (Wildman–Crippen LogP) is 3.84. The molecule has 0 N–H and O–H groups in total. The van der Waals surface area contributed by atoms with E-state index >= 15 is 0 Å². The van der Waals surface area contributed by atoms with Crippen LogP contribution < -0.4 is 0 Å². The maximum atomic E-state index is 2.42. The minimum absolute atomic E-state index is 1.27. The van der Waals surface area contributed by atoms with Crippen LogP contribution in [0.2, 0.25) is 0 Å². The topological polar surface area (TPSA) is 0 Å². The monoisotopic (exact) mass is 150 g/mol. The Kier molecular flexibility index (Phi) is 3.41. The van der Waals surface area contributed by atoms with E-state index in [1.807, 2.05) is 0 Å². The van der Waals surface area contributed by atoms with E-state index in [2.05, 4.69) is 26.0 Å². The molecule has 1 rings (SSSR count). The predicted molar refractivity (Wildman–Crippen MR) is 50.6 cm³/mol. The van der Waals surface area contributed by atoms with Crippen LogP contribution in [0.5, 0.6) is 0 Å². The van der Waals surface area contributed by atoms with Gasteiger partial charge in [0.25, 0.3) is 0 Å². The molecule has 1 aliphatic carbocycles. The maximum Gasteiger partial charge on any atom is -0.0282 e. The van der Waals surface area contributed by atoms with Gasteiger partial charge < -0.3 is 0 Å². The van der Waals surface area contributed by atoms with Crippen LogP contribution in [0.4, 0.5) is 0 Å². The van der Waals surface area contributed by atoms with Crippen molar-refractivity contribution in [3.63, 3.8) is 0 Å². The van der Waals surface area contributed by atoms with Crippen molar-refractivity contribution in [3.05, 3.63) is 23.3 Å². The summed E-state index contributed by atoms with van der Waals surface area (Å²) in [5, 5.41) is 0. The van der Waals surface area contributed by atoms with Crippen LogP contribution in [0.15, 0.2) is 23.3 Å². The highest BCUT2D eigenvalue weighted by Crippen LogP contribution is 2.21. The highest BCUT2D eigenvalue weighted by molar-refractivity contribution is 5.29. The standard InChI is InChI=1S/C11H18/c1-3-7-11-9-6-4-5-8-10(11)2/h8-9H,3-7H2,1-2H3. The van der Waals surface area contributed by atoms with Crippen molar-refractivity contribution in [2.24, 2.45) is 0 Å². The van der Waals surface area contributed by atoms with E-state index in [-0.39, 0.29) is 0 Å². The van der Waals surface area contributed by atoms with Gasteiger partial charge in [0.2, 0.25) is 0 Å². The van der Waals surface area contributed by atoms with Gasteiger partial charge >= 0.3 is 0 Å². The van der Waals surface area contributed by atoms with E-state index < -0.39 is 0 Å². The second-order valence-corrected chi connectivity index (χ2v) is 3.30. The third-order valence-corrected chi connectivity index (χ3v) is 2.28. The van der Waals surface area contributed by atoms with E-state index in [4.69, 9.17) is 0 Å². The normalized spacial score (nSPS) is 18.7. The Bertz CT molecular complexity index is 172. The van der Waals surface area contributed by atoms with E-state index in [1.165, 1.54) is 37.7 Å². The van der Waals surface area contributed by atoms with Crippen molar-refractivity contribution >= 4 is 0 Å². The van der Waals surface area contributed by atoms with Crippen LogP contribution in [0.1, 0.15) is 46.0 Å². The number of rotatable bonds is 2. The van der Waals surface area contributed by atoms with Crippen LogP contribution >= 0.6 is 0 Å². The van der Waals surface area contributed by atoms with Crippen LogP contribution in [-0.4, -0.2) is 0 Å². The van der Waals surface area contributed by atoms with Crippen molar-refractivity contribution in [2.45, 2.75) is 46.0 Å². The van der Waals surface area contributed by atoms with Crippen LogP contribution in [0, 0.1) is 0 Å². The van der Waals surface area contributed by atoms with E-state index in [1.54, 1.807) is 5.57 Å². The van der Waals surface area contributed by atoms with Gasteiger partial charge in [0, 0.05) is 0 Å². The van der Waals surface area contributed by atoms with Crippen molar-refractivity contribution < 1.29 is 0 Å². The maximum absolute atomic E-state index is 2.42. The first-order valence-electron chi connectivity index (χ1n) is 4.70. The summed E-state index contributed by atoms with van der Waals surface area (Å²) in [6.07, 6.45) is 11.2. The lowest BCUT2D eigenvalue weighted by Crippen LogP contribution is -1.83. The first kappa shape index (κ1) is 8.58. The summed E-state index contributed by atoms with van der Waals surface area (Å²) in [5.74, 6) is 0. The number of hydrogen-bond acceptors (Lipinski definition) is 0. The smallest absolute Gasteiger partial charge is 0.0282 e. The van der Waals surface area contributed by atoms with E-state index in [0.29, 0.717) is 0 Å². The molecule has 62 valence electrons. The Morgan fingerprint density at radius 3 is 2.73 bits per heavy atom. The molecule has 0 fully saturated rings. The molecule has 0 radical (unpaired) electrons. The summed E-state index contributed by atoms with van der Waals surface area (Å²) in [6.45, 7) is 4.49. The summed E-state index contributed by atoms with van der Waals surface area (Å²) in [5.41, 5.74) is 3.11. The van der Waals surface area contributed by atoms with Gasteiger partial charge in [0.1, 0.15) is 0 Å². The van der Waals surface area contributed by atoms with Gasteiger partial charge in [0.05, 0.1) is 0 Å². The van der Waals surface area contributed by atoms with Crippen molar-refractivity contribution in [1.29, 1.82) is 0 Å². The average Bonchev–Trinajstić information content (AvgIpc) is 2.18. The Morgan fingerprint density at radius 2 is 2.00 bits per heavy atom. The number of allylic oxidation sites excluding steroid dienone is 4. The highest BCUT2D eigenvalue weighted by Gasteiger charge is 2.01. The van der Waals surface area contributed by atoms with Crippen molar-refractivity contribution in [2.75, 3.05) is 0 Å². The summed E-state index contributed by atoms with van der Waals surface area (Å²) in [6, 6.07) is 0. The molecule has 0 nitrogen and oxygen atoms in total. The Morgan fingerprint density at radius 1 is 1.27 bits per heavy atom. The molecule has 11 heavy (non-hydrogen) atoms. The third kappa shape index (κ3) is 2.53. The summed E-state index contributed by atoms with van der Waals surface area (Å²) >= 11 is 0. The van der Waals surface area contributed by atoms with Gasteiger partial charge in [-0.3, -0.25) is 0 Å². The molecule has 0 aromatic carbocycles. The van der Waals surface area contributed by atoms with Gasteiger partial charge in [-0.15, -0.1) is 0 Å². The largest absolute Gasteiger partial charge is 0.0813 e. The molecular formula is C11H18. The molecule has 1 aliphatic rings. The molecule has 0 aromatic heterocycles. The first-order valence-corrected chi connectivity index (χ1v) is 4.70. The Balaban J connectivity index is 2.62. The molecule has 0 unspecified atom stereocenters. The fourth-order valence-corrected chi connectivity index (χ4v) is 1.57. The lowest BCUT2D eigenvalue weighted by molar-refractivity contribution is 0.866. The van der Waals surface area contributed by atoms with Crippen LogP contribution in [-0.2, 0) is 0 Å². The molecule has 0 aromatic rings. The lowest BCUT2D eigenvalue weighted by atomic mass is 10.0. The summed E-state index contributed by atoms with van der Waals surface area (Å²) < 4.78 is 0. The van der Waals surface area contributed by atoms with E-state index in [9.17, 15) is 0 Å². The zero-order valence-electron chi connectivity index (χ0n) is 7.69. The molecule has 0 saturated heterocycles. The van der Waals surface area contributed by atoms with Gasteiger partial charge in [-0.2, -0.15) is 0 Å². The molecule has 0 spiro atoms. The molecule has 0 aliphatic heterocycles. The molecule has 0 bridgehead atoms. The molecule has 0 atom stereocenters. The number of hydrogen-bond donors (Lipinski definition) is 0. The average molecular weight is 150 g/mol. The molecule has 0 saturated carbocycles. The molecule has 0 heterocycles. The zero-order chi connectivity index (χ0) is 8.10. The van der Waals surface area contributed by atoms with E-state index in [0.717, 1.165) is 0 Å². The fourth-order valence-electron chi connectivity index (χ4n) is 1.57. The minimum Gasteiger partial charge on any atom is -0.0813 e. The van der Waals surface area contributed by atoms with Crippen molar-refractivity contribution in [3.8, 4) is 0 Å². The van der Waals surface area contributed by atoms with Crippen molar-refractivity contribution in [1.82, 2.24) is 0 Å². The minimum atomic E-state index is 1.27. The lowest BCUT2D eigenvalue weighted by Gasteiger charge is -2.03. The molecule has 0 amide bonds. The Labute approximate surface area is 70.0 Å². The molecular weight excluding hydrogens is 132 g/mol. The van der Waals surface area contributed by atoms with Gasteiger partial charge in [-0.1, -0.05) is 31.1 Å². The summed E-state index contributed by atoms with van der Waals surface area (Å²) in [4.78, 5) is 0. The highest BCUT2D eigenvalue weighted by atomic mass is 14.1. The van der Waals surface area contributed by atoms with Gasteiger partial charge in [0.15, 0.2) is 0 Å². The van der Waals surface area contributed by atoms with Gasteiger partial charge in [-0.25, -0.2) is 0 Å². The SMILES string of the molecule is CCCC1=CCCCC=C1C. The fraction of sp³-hybridized carbons (Fsp3) is 0.636.